The first-order valence-electron chi connectivity index (χ1n) is 4.63. The number of furan rings is 1. The number of hydrogen-bond donors (Lipinski definition) is 2. The zero-order valence-electron chi connectivity index (χ0n) is 9.07. The van der Waals surface area contributed by atoms with Crippen molar-refractivity contribution in [1.82, 2.24) is 5.32 Å². The first kappa shape index (κ1) is 12.6. The Balaban J connectivity index is 2.58. The number of carboxylic acid groups (broad SMARTS) is 1. The number of carboxylic acids is 1. The van der Waals surface area contributed by atoms with Gasteiger partial charge >= 0.3 is 5.97 Å². The lowest BCUT2D eigenvalue weighted by molar-refractivity contribution is -0.118. The number of rotatable bonds is 5. The van der Waals surface area contributed by atoms with Crippen LogP contribution in [0.3, 0.4) is 0 Å². The average molecular weight is 243 g/mol. The van der Waals surface area contributed by atoms with Crippen molar-refractivity contribution in [1.29, 1.82) is 0 Å². The van der Waals surface area contributed by atoms with Crippen LogP contribution in [0.1, 0.15) is 21.9 Å². The van der Waals surface area contributed by atoms with Crippen LogP contribution in [0.4, 0.5) is 0 Å². The van der Waals surface area contributed by atoms with Crippen LogP contribution in [0.25, 0.3) is 0 Å². The zero-order chi connectivity index (χ0) is 12.1. The smallest absolute Gasteiger partial charge is 0.339 e. The predicted molar refractivity (Wildman–Crippen MR) is 60.6 cm³/mol. The summed E-state index contributed by atoms with van der Waals surface area (Å²) in [5.74, 6) is 0.0539. The van der Waals surface area contributed by atoms with E-state index in [0.29, 0.717) is 17.3 Å². The molecule has 0 aliphatic heterocycles. The predicted octanol–water partition coefficient (Wildman–Crippen LogP) is 1.27. The van der Waals surface area contributed by atoms with Crippen molar-refractivity contribution in [3.8, 4) is 0 Å². The Kier molecular flexibility index (Phi) is 4.42. The largest absolute Gasteiger partial charge is 0.478 e. The quantitative estimate of drug-likeness (QED) is 0.814. The highest BCUT2D eigenvalue weighted by atomic mass is 32.2. The van der Waals surface area contributed by atoms with Gasteiger partial charge in [-0.1, -0.05) is 0 Å². The van der Waals surface area contributed by atoms with Crippen LogP contribution in [0.2, 0.25) is 0 Å². The third-order valence-corrected chi connectivity index (χ3v) is 2.49. The lowest BCUT2D eigenvalue weighted by Crippen LogP contribution is -2.24. The molecule has 16 heavy (non-hydrogen) atoms. The molecule has 0 radical (unpaired) electrons. The Morgan fingerprint density at radius 2 is 2.25 bits per heavy atom. The third-order valence-electron chi connectivity index (χ3n) is 1.93. The van der Waals surface area contributed by atoms with E-state index >= 15 is 0 Å². The molecule has 0 bridgehead atoms. The maximum absolute atomic E-state index is 11.2. The summed E-state index contributed by atoms with van der Waals surface area (Å²) in [6.45, 7) is 1.80. The summed E-state index contributed by atoms with van der Waals surface area (Å²) in [4.78, 5) is 21.9. The molecule has 1 aromatic heterocycles. The molecule has 0 aliphatic carbocycles. The summed E-state index contributed by atoms with van der Waals surface area (Å²) >= 11 is 1.42. The highest BCUT2D eigenvalue weighted by Gasteiger charge is 2.13. The molecule has 0 unspecified atom stereocenters. The van der Waals surface area contributed by atoms with Crippen molar-refractivity contribution in [2.45, 2.75) is 13.5 Å². The third kappa shape index (κ3) is 3.30. The highest BCUT2D eigenvalue weighted by molar-refractivity contribution is 7.99. The Labute approximate surface area is 97.2 Å². The Morgan fingerprint density at radius 1 is 1.56 bits per heavy atom. The molecular weight excluding hydrogens is 230 g/mol. The topological polar surface area (TPSA) is 79.5 Å². The van der Waals surface area contributed by atoms with Gasteiger partial charge in [0, 0.05) is 0 Å². The SMILES string of the molecule is CSCC(=O)NCc1cc(C(=O)O)c(C)o1. The van der Waals surface area contributed by atoms with Gasteiger partial charge in [-0.2, -0.15) is 11.8 Å². The summed E-state index contributed by atoms with van der Waals surface area (Å²) in [6, 6.07) is 1.43. The fourth-order valence-corrected chi connectivity index (χ4v) is 1.58. The minimum absolute atomic E-state index is 0.0987. The van der Waals surface area contributed by atoms with E-state index in [0.717, 1.165) is 0 Å². The van der Waals surface area contributed by atoms with Gasteiger partial charge in [0.05, 0.1) is 12.3 Å². The minimum atomic E-state index is -1.03. The van der Waals surface area contributed by atoms with E-state index in [2.05, 4.69) is 5.32 Å². The van der Waals surface area contributed by atoms with E-state index in [4.69, 9.17) is 9.52 Å². The van der Waals surface area contributed by atoms with Crippen LogP contribution in [-0.4, -0.2) is 29.0 Å². The van der Waals surface area contributed by atoms with Gasteiger partial charge in [-0.25, -0.2) is 4.79 Å². The van der Waals surface area contributed by atoms with Gasteiger partial charge in [-0.3, -0.25) is 4.79 Å². The molecule has 0 spiro atoms. The molecule has 0 saturated carbocycles. The maximum Gasteiger partial charge on any atom is 0.339 e. The van der Waals surface area contributed by atoms with E-state index in [1.807, 2.05) is 6.26 Å². The second kappa shape index (κ2) is 5.60. The standard InChI is InChI=1S/C10H13NO4S/c1-6-8(10(13)14)3-7(15-6)4-11-9(12)5-16-2/h3H,4-5H2,1-2H3,(H,11,12)(H,13,14). The average Bonchev–Trinajstić information content (AvgIpc) is 2.57. The number of aromatic carboxylic acids is 1. The molecule has 5 nitrogen and oxygen atoms in total. The molecule has 1 heterocycles. The van der Waals surface area contributed by atoms with Crippen molar-refractivity contribution in [3.63, 3.8) is 0 Å². The maximum atomic E-state index is 11.2. The number of aryl methyl sites for hydroxylation is 1. The molecule has 0 fully saturated rings. The summed E-state index contributed by atoms with van der Waals surface area (Å²) in [5, 5.41) is 11.4. The number of hydrogen-bond acceptors (Lipinski definition) is 4. The molecule has 1 amide bonds. The van der Waals surface area contributed by atoms with Crippen molar-refractivity contribution in [2.75, 3.05) is 12.0 Å². The van der Waals surface area contributed by atoms with Crippen LogP contribution < -0.4 is 5.32 Å². The molecule has 88 valence electrons. The summed E-state index contributed by atoms with van der Waals surface area (Å²) < 4.78 is 5.20. The summed E-state index contributed by atoms with van der Waals surface area (Å²) in [6.07, 6.45) is 1.83. The van der Waals surface area contributed by atoms with Crippen molar-refractivity contribution < 1.29 is 19.1 Å². The first-order valence-corrected chi connectivity index (χ1v) is 6.02. The van der Waals surface area contributed by atoms with Gasteiger partial charge < -0.3 is 14.8 Å². The lowest BCUT2D eigenvalue weighted by Gasteiger charge is -2.00. The van der Waals surface area contributed by atoms with Crippen molar-refractivity contribution in [3.05, 3.63) is 23.2 Å². The van der Waals surface area contributed by atoms with Crippen LogP contribution in [-0.2, 0) is 11.3 Å². The fourth-order valence-electron chi connectivity index (χ4n) is 1.21. The number of amides is 1. The molecule has 0 saturated heterocycles. The van der Waals surface area contributed by atoms with Crippen molar-refractivity contribution >= 4 is 23.6 Å². The second-order valence-corrected chi connectivity index (χ2v) is 4.06. The molecule has 1 rings (SSSR count). The van der Waals surface area contributed by atoms with E-state index in [9.17, 15) is 9.59 Å². The molecule has 1 aromatic rings. The lowest BCUT2D eigenvalue weighted by atomic mass is 10.2. The number of nitrogens with one attached hydrogen (secondary N) is 1. The molecule has 0 atom stereocenters. The van der Waals surface area contributed by atoms with E-state index < -0.39 is 5.97 Å². The molecular formula is C10H13NO4S. The summed E-state index contributed by atoms with van der Waals surface area (Å²) in [7, 11) is 0. The van der Waals surface area contributed by atoms with Gasteiger partial charge in [0.1, 0.15) is 17.1 Å². The van der Waals surface area contributed by atoms with Crippen LogP contribution in [0.5, 0.6) is 0 Å². The van der Waals surface area contributed by atoms with Gasteiger partial charge in [0.15, 0.2) is 0 Å². The summed E-state index contributed by atoms with van der Waals surface area (Å²) in [5.41, 5.74) is 0.133. The van der Waals surface area contributed by atoms with Crippen LogP contribution >= 0.6 is 11.8 Å². The van der Waals surface area contributed by atoms with Gasteiger partial charge in [-0.05, 0) is 19.2 Å². The number of carbonyl (C=O) groups is 2. The Bertz CT molecular complexity index is 400. The highest BCUT2D eigenvalue weighted by Crippen LogP contribution is 2.14. The monoisotopic (exact) mass is 243 g/mol. The minimum Gasteiger partial charge on any atom is -0.478 e. The van der Waals surface area contributed by atoms with Gasteiger partial charge in [0.25, 0.3) is 0 Å². The Morgan fingerprint density at radius 3 is 2.75 bits per heavy atom. The normalized spacial score (nSPS) is 10.1. The van der Waals surface area contributed by atoms with Crippen LogP contribution in [0, 0.1) is 6.92 Å². The number of thioether (sulfide) groups is 1. The fraction of sp³-hybridized carbons (Fsp3) is 0.400. The van der Waals surface area contributed by atoms with Crippen molar-refractivity contribution in [2.24, 2.45) is 0 Å². The van der Waals surface area contributed by atoms with Crippen LogP contribution in [0.15, 0.2) is 10.5 Å². The van der Waals surface area contributed by atoms with E-state index in [-0.39, 0.29) is 18.0 Å². The molecule has 0 aromatic carbocycles. The Hall–Kier alpha value is -1.43. The van der Waals surface area contributed by atoms with E-state index in [1.165, 1.54) is 17.8 Å². The number of carbonyl (C=O) groups excluding carboxylic acids is 1. The molecule has 6 heteroatoms. The molecule has 0 aliphatic rings. The van der Waals surface area contributed by atoms with Gasteiger partial charge in [0.2, 0.25) is 5.91 Å². The second-order valence-electron chi connectivity index (χ2n) is 3.20. The zero-order valence-corrected chi connectivity index (χ0v) is 9.89. The molecule has 2 N–H and O–H groups in total. The van der Waals surface area contributed by atoms with Gasteiger partial charge in [-0.15, -0.1) is 0 Å². The first-order chi connectivity index (χ1) is 7.54. The van der Waals surface area contributed by atoms with E-state index in [1.54, 1.807) is 6.92 Å².